The summed E-state index contributed by atoms with van der Waals surface area (Å²) in [5, 5.41) is 0. The van der Waals surface area contributed by atoms with Crippen LogP contribution in [-0.4, -0.2) is 82.2 Å². The van der Waals surface area contributed by atoms with Crippen molar-refractivity contribution in [3.05, 3.63) is 59.1 Å². The molecule has 60 heavy (non-hydrogen) atoms. The number of rotatable bonds is 37. The third-order valence-electron chi connectivity index (χ3n) is 10.8. The highest BCUT2D eigenvalue weighted by Gasteiger charge is 2.36. The molecular formula is C48H82NO10P. The van der Waals surface area contributed by atoms with E-state index < -0.39 is 32.5 Å². The summed E-state index contributed by atoms with van der Waals surface area (Å²) in [7, 11) is 1.09. The van der Waals surface area contributed by atoms with Crippen molar-refractivity contribution in [1.82, 2.24) is 0 Å². The fraction of sp³-hybridized carbons (Fsp3) is 0.750. The summed E-state index contributed by atoms with van der Waals surface area (Å²) in [6, 6.07) is 0. The van der Waals surface area contributed by atoms with Crippen molar-refractivity contribution >= 4 is 19.8 Å². The standard InChI is InChI=1S/C48H82NO10P/c1-8-10-11-12-13-14-15-16-17-21-24-27-32-45-46(59-45)33-29-35-48(51)57-42(39-56-60(52,53)55-37-36-49(5,6)7)38-54-47(50)34-28-25-22-19-18-20-23-26-31-44-41(4)40(3)43(58-44)30-9-2/h13-14,16-17,24,27,42,45-46H,8-12,15,18-23,25-26,28-39H2,1-7H3/b14-13-,17-16-,27-24-/t42-,45?,46?/m1/s1. The first-order chi connectivity index (χ1) is 28.7. The third kappa shape index (κ3) is 26.7. The zero-order chi connectivity index (χ0) is 44.1. The van der Waals surface area contributed by atoms with Crippen LogP contribution in [0.1, 0.15) is 165 Å². The van der Waals surface area contributed by atoms with Crippen molar-refractivity contribution in [2.75, 3.05) is 47.5 Å². The number of phosphoric ester groups is 1. The molecular weight excluding hydrogens is 781 g/mol. The number of nitrogens with zero attached hydrogens (tertiary/aromatic N) is 1. The van der Waals surface area contributed by atoms with E-state index in [0.29, 0.717) is 23.9 Å². The maximum Gasteiger partial charge on any atom is 0.306 e. The van der Waals surface area contributed by atoms with Crippen LogP contribution < -0.4 is 4.89 Å². The molecule has 0 spiro atoms. The molecule has 0 radical (unpaired) electrons. The first-order valence-corrected chi connectivity index (χ1v) is 24.6. The molecule has 1 aromatic heterocycles. The lowest BCUT2D eigenvalue weighted by molar-refractivity contribution is -0.870. The fourth-order valence-electron chi connectivity index (χ4n) is 6.79. The number of esters is 2. The highest BCUT2D eigenvalue weighted by molar-refractivity contribution is 7.45. The Labute approximate surface area is 363 Å². The summed E-state index contributed by atoms with van der Waals surface area (Å²) >= 11 is 0. The maximum atomic E-state index is 12.8. The molecule has 1 aromatic rings. The van der Waals surface area contributed by atoms with Gasteiger partial charge in [0.05, 0.1) is 40.0 Å². The zero-order valence-corrected chi connectivity index (χ0v) is 39.5. The molecule has 1 saturated heterocycles. The minimum Gasteiger partial charge on any atom is -0.756 e. The van der Waals surface area contributed by atoms with Crippen LogP contribution >= 0.6 is 7.82 Å². The van der Waals surface area contributed by atoms with Gasteiger partial charge in [0, 0.05) is 25.7 Å². The molecule has 11 nitrogen and oxygen atoms in total. The number of quaternary nitrogens is 1. The number of phosphoric acid groups is 1. The summed E-state index contributed by atoms with van der Waals surface area (Å²) in [5.74, 6) is 1.36. The summed E-state index contributed by atoms with van der Waals surface area (Å²) in [5.41, 5.74) is 2.62. The largest absolute Gasteiger partial charge is 0.756 e. The molecule has 1 fully saturated rings. The molecule has 0 N–H and O–H groups in total. The second-order valence-corrected chi connectivity index (χ2v) is 18.8. The van der Waals surface area contributed by atoms with Gasteiger partial charge in [-0.1, -0.05) is 102 Å². The van der Waals surface area contributed by atoms with Crippen LogP contribution in [0.2, 0.25) is 0 Å². The van der Waals surface area contributed by atoms with Gasteiger partial charge in [-0.15, -0.1) is 0 Å². The van der Waals surface area contributed by atoms with E-state index in [1.807, 2.05) is 21.1 Å². The molecule has 344 valence electrons. The Bertz CT molecular complexity index is 1460. The average Bonchev–Trinajstić information content (AvgIpc) is 3.89. The number of unbranched alkanes of at least 4 members (excludes halogenated alkanes) is 10. The molecule has 2 heterocycles. The third-order valence-corrected chi connectivity index (χ3v) is 11.7. The van der Waals surface area contributed by atoms with Crippen molar-refractivity contribution < 1.29 is 51.2 Å². The lowest BCUT2D eigenvalue weighted by Crippen LogP contribution is -2.37. The van der Waals surface area contributed by atoms with Crippen LogP contribution in [0.5, 0.6) is 0 Å². The van der Waals surface area contributed by atoms with Crippen molar-refractivity contribution in [3.8, 4) is 0 Å². The van der Waals surface area contributed by atoms with Crippen LogP contribution in [0.25, 0.3) is 0 Å². The van der Waals surface area contributed by atoms with Gasteiger partial charge in [0.2, 0.25) is 0 Å². The molecule has 1 aliphatic rings. The number of aryl methyl sites for hydroxylation is 2. The SMILES string of the molecule is CCCCC/C=C\C/C=C\C/C=C\CC1OC1CCCC(=O)O[C@H](COC(=O)CCCCCCCCCCc1oc(CCC)c(C)c1C)COP(=O)([O-])OCC[N+](C)(C)C. The van der Waals surface area contributed by atoms with Crippen molar-refractivity contribution in [3.63, 3.8) is 0 Å². The summed E-state index contributed by atoms with van der Waals surface area (Å²) in [6.45, 7) is 8.33. The normalized spacial score (nSPS) is 17.2. The summed E-state index contributed by atoms with van der Waals surface area (Å²) in [4.78, 5) is 37.8. The smallest absolute Gasteiger partial charge is 0.306 e. The molecule has 12 heteroatoms. The average molecular weight is 864 g/mol. The number of hydrogen-bond acceptors (Lipinski definition) is 10. The van der Waals surface area contributed by atoms with Crippen LogP contribution in [-0.2, 0) is 50.3 Å². The van der Waals surface area contributed by atoms with Crippen molar-refractivity contribution in [1.29, 1.82) is 0 Å². The molecule has 0 bridgehead atoms. The highest BCUT2D eigenvalue weighted by Crippen LogP contribution is 2.38. The molecule has 0 aromatic carbocycles. The van der Waals surface area contributed by atoms with Crippen LogP contribution in [0.3, 0.4) is 0 Å². The van der Waals surface area contributed by atoms with Gasteiger partial charge in [-0.3, -0.25) is 14.2 Å². The van der Waals surface area contributed by atoms with Crippen LogP contribution in [0.15, 0.2) is 40.9 Å². The van der Waals surface area contributed by atoms with Crippen molar-refractivity contribution in [2.45, 2.75) is 187 Å². The number of allylic oxidation sites excluding steroid dienone is 5. The number of likely N-dealkylation sites (N-methyl/N-ethyl adjacent to an activating group) is 1. The Morgan fingerprint density at radius 3 is 2.00 bits per heavy atom. The van der Waals surface area contributed by atoms with E-state index in [1.54, 1.807) is 0 Å². The lowest BCUT2D eigenvalue weighted by Gasteiger charge is -2.28. The molecule has 1 aliphatic heterocycles. The number of carbonyl (C=O) groups is 2. The Morgan fingerprint density at radius 2 is 1.33 bits per heavy atom. The Hall–Kier alpha value is -2.53. The van der Waals surface area contributed by atoms with E-state index in [-0.39, 0.29) is 38.3 Å². The topological polar surface area (TPSA) is 137 Å². The Balaban J connectivity index is 1.65. The van der Waals surface area contributed by atoms with Crippen LogP contribution in [0, 0.1) is 13.8 Å². The van der Waals surface area contributed by atoms with Gasteiger partial charge in [-0.25, -0.2) is 0 Å². The molecule has 4 atom stereocenters. The van der Waals surface area contributed by atoms with Gasteiger partial charge in [-0.2, -0.15) is 0 Å². The summed E-state index contributed by atoms with van der Waals surface area (Å²) < 4.78 is 45.9. The first kappa shape index (κ1) is 53.6. The number of epoxide rings is 1. The Kier molecular flexibility index (Phi) is 28.0. The van der Waals surface area contributed by atoms with Gasteiger partial charge in [0.15, 0.2) is 6.10 Å². The predicted molar refractivity (Wildman–Crippen MR) is 239 cm³/mol. The van der Waals surface area contributed by atoms with Crippen molar-refractivity contribution in [2.24, 2.45) is 0 Å². The number of carbonyl (C=O) groups excluding carboxylic acids is 2. The van der Waals surface area contributed by atoms with E-state index >= 15 is 0 Å². The highest BCUT2D eigenvalue weighted by atomic mass is 31.2. The molecule has 3 unspecified atom stereocenters. The molecule has 0 aliphatic carbocycles. The maximum absolute atomic E-state index is 12.8. The Morgan fingerprint density at radius 1 is 0.717 bits per heavy atom. The summed E-state index contributed by atoms with van der Waals surface area (Å²) in [6.07, 6.45) is 33.2. The van der Waals surface area contributed by atoms with Gasteiger partial charge in [0.25, 0.3) is 7.82 Å². The van der Waals surface area contributed by atoms with Gasteiger partial charge in [-0.05, 0) is 89.2 Å². The quantitative estimate of drug-likeness (QED) is 0.0159. The second kappa shape index (κ2) is 31.3. The number of ether oxygens (including phenoxy) is 3. The number of furan rings is 1. The van der Waals surface area contributed by atoms with E-state index in [2.05, 4.69) is 64.2 Å². The minimum absolute atomic E-state index is 0.0525. The van der Waals surface area contributed by atoms with Gasteiger partial charge < -0.3 is 37.1 Å². The van der Waals surface area contributed by atoms with E-state index in [1.165, 1.54) is 49.7 Å². The van der Waals surface area contributed by atoms with Gasteiger partial charge >= 0.3 is 11.9 Å². The zero-order valence-electron chi connectivity index (χ0n) is 38.6. The lowest BCUT2D eigenvalue weighted by atomic mass is 10.0. The number of hydrogen-bond donors (Lipinski definition) is 0. The second-order valence-electron chi connectivity index (χ2n) is 17.4. The fourth-order valence-corrected chi connectivity index (χ4v) is 7.52. The first-order valence-electron chi connectivity index (χ1n) is 23.2. The van der Waals surface area contributed by atoms with Gasteiger partial charge in [0.1, 0.15) is 31.3 Å². The van der Waals surface area contributed by atoms with E-state index in [9.17, 15) is 19.0 Å². The predicted octanol–water partition coefficient (Wildman–Crippen LogP) is 10.9. The van der Waals surface area contributed by atoms with E-state index in [4.69, 9.17) is 27.7 Å². The van der Waals surface area contributed by atoms with E-state index in [0.717, 1.165) is 88.6 Å². The monoisotopic (exact) mass is 864 g/mol. The van der Waals surface area contributed by atoms with Crippen LogP contribution in [0.4, 0.5) is 0 Å². The molecule has 2 rings (SSSR count). The molecule has 0 amide bonds. The molecule has 0 saturated carbocycles. The minimum atomic E-state index is -4.66.